The highest BCUT2D eigenvalue weighted by Crippen LogP contribution is 2.34. The fourth-order valence-electron chi connectivity index (χ4n) is 2.35. The summed E-state index contributed by atoms with van der Waals surface area (Å²) in [6.45, 7) is 2.98. The Bertz CT molecular complexity index is 606. The molecule has 2 aromatic rings. The predicted octanol–water partition coefficient (Wildman–Crippen LogP) is 4.10. The third-order valence-electron chi connectivity index (χ3n) is 3.58. The maximum absolute atomic E-state index is 9.01. The van der Waals surface area contributed by atoms with E-state index in [1.165, 1.54) is 24.1 Å². The van der Waals surface area contributed by atoms with Crippen LogP contribution in [0, 0.1) is 18.3 Å². The fraction of sp³-hybridized carbons (Fsp3) is 0.312. The van der Waals surface area contributed by atoms with Crippen molar-refractivity contribution in [2.45, 2.75) is 32.4 Å². The van der Waals surface area contributed by atoms with Gasteiger partial charge in [-0.15, -0.1) is 0 Å². The first-order valence-electron chi connectivity index (χ1n) is 6.56. The number of hydrogen-bond donors (Lipinski definition) is 0. The van der Waals surface area contributed by atoms with E-state index >= 15 is 0 Å². The first kappa shape index (κ1) is 12.3. The summed E-state index contributed by atoms with van der Waals surface area (Å²) in [6.07, 6.45) is 2.56. The number of thiophene rings is 1. The molecular weight excluding hydrogens is 252 g/mol. The van der Waals surface area contributed by atoms with Gasteiger partial charge < -0.3 is 4.90 Å². The monoisotopic (exact) mass is 268 g/mol. The number of rotatable bonds is 4. The van der Waals surface area contributed by atoms with E-state index in [1.54, 1.807) is 11.3 Å². The molecule has 1 aromatic heterocycles. The van der Waals surface area contributed by atoms with Crippen molar-refractivity contribution >= 4 is 17.0 Å². The smallest absolute Gasteiger partial charge is 0.0994 e. The zero-order valence-electron chi connectivity index (χ0n) is 11.0. The van der Waals surface area contributed by atoms with Crippen LogP contribution in [-0.2, 0) is 6.54 Å². The van der Waals surface area contributed by atoms with Crippen LogP contribution in [0.15, 0.2) is 35.0 Å². The minimum absolute atomic E-state index is 0.673. The van der Waals surface area contributed by atoms with Gasteiger partial charge in [-0.1, -0.05) is 0 Å². The molecule has 0 saturated heterocycles. The lowest BCUT2D eigenvalue weighted by Gasteiger charge is -2.25. The Hall–Kier alpha value is -1.79. The van der Waals surface area contributed by atoms with Gasteiger partial charge in [0.15, 0.2) is 0 Å². The molecular formula is C16H16N2S. The van der Waals surface area contributed by atoms with Crippen LogP contribution in [0.3, 0.4) is 0 Å². The van der Waals surface area contributed by atoms with Crippen LogP contribution < -0.4 is 4.90 Å². The van der Waals surface area contributed by atoms with Crippen molar-refractivity contribution < 1.29 is 0 Å². The number of nitriles is 1. The van der Waals surface area contributed by atoms with Gasteiger partial charge in [0, 0.05) is 18.3 Å². The van der Waals surface area contributed by atoms with Crippen LogP contribution in [0.5, 0.6) is 0 Å². The van der Waals surface area contributed by atoms with E-state index in [-0.39, 0.29) is 0 Å². The molecule has 0 N–H and O–H groups in total. The van der Waals surface area contributed by atoms with Crippen molar-refractivity contribution in [1.29, 1.82) is 5.26 Å². The van der Waals surface area contributed by atoms with Gasteiger partial charge in [-0.05, 0) is 65.9 Å². The van der Waals surface area contributed by atoms with Gasteiger partial charge in [0.2, 0.25) is 0 Å². The lowest BCUT2D eigenvalue weighted by Crippen LogP contribution is -2.24. The quantitative estimate of drug-likeness (QED) is 0.834. The largest absolute Gasteiger partial charge is 0.364 e. The maximum atomic E-state index is 9.01. The number of nitrogens with zero attached hydrogens (tertiary/aromatic N) is 2. The van der Waals surface area contributed by atoms with Gasteiger partial charge >= 0.3 is 0 Å². The Morgan fingerprint density at radius 2 is 2.21 bits per heavy atom. The molecule has 1 aliphatic carbocycles. The third-order valence-corrected chi connectivity index (χ3v) is 4.31. The van der Waals surface area contributed by atoms with E-state index in [2.05, 4.69) is 39.9 Å². The molecule has 0 unspecified atom stereocenters. The first-order valence-corrected chi connectivity index (χ1v) is 7.50. The molecule has 1 aromatic carbocycles. The molecule has 2 nitrogen and oxygen atoms in total. The second-order valence-corrected chi connectivity index (χ2v) is 5.88. The average Bonchev–Trinajstić information content (AvgIpc) is 3.13. The van der Waals surface area contributed by atoms with E-state index in [1.807, 2.05) is 13.0 Å². The molecule has 96 valence electrons. The molecule has 3 rings (SSSR count). The summed E-state index contributed by atoms with van der Waals surface area (Å²) in [5, 5.41) is 13.4. The second-order valence-electron chi connectivity index (χ2n) is 5.10. The molecule has 0 aliphatic heterocycles. The lowest BCUT2D eigenvalue weighted by atomic mass is 10.1. The summed E-state index contributed by atoms with van der Waals surface area (Å²) in [4.78, 5) is 2.47. The highest BCUT2D eigenvalue weighted by atomic mass is 32.1. The highest BCUT2D eigenvalue weighted by Gasteiger charge is 2.29. The van der Waals surface area contributed by atoms with Crippen molar-refractivity contribution in [2.24, 2.45) is 0 Å². The SMILES string of the molecule is Cc1cc(N(Cc2ccsc2)C2CC2)ccc1C#N. The van der Waals surface area contributed by atoms with Gasteiger partial charge in [-0.25, -0.2) is 0 Å². The molecule has 19 heavy (non-hydrogen) atoms. The zero-order chi connectivity index (χ0) is 13.2. The van der Waals surface area contributed by atoms with Gasteiger partial charge in [-0.3, -0.25) is 0 Å². The number of hydrogen-bond acceptors (Lipinski definition) is 3. The molecule has 0 bridgehead atoms. The second kappa shape index (κ2) is 5.07. The normalized spacial score (nSPS) is 14.1. The number of anilines is 1. The summed E-state index contributed by atoms with van der Waals surface area (Å²) in [6, 6.07) is 11.3. The number of aryl methyl sites for hydroxylation is 1. The van der Waals surface area contributed by atoms with Gasteiger partial charge in [0.25, 0.3) is 0 Å². The van der Waals surface area contributed by atoms with Crippen LogP contribution in [0.4, 0.5) is 5.69 Å². The van der Waals surface area contributed by atoms with Crippen molar-refractivity contribution in [3.8, 4) is 6.07 Å². The minimum Gasteiger partial charge on any atom is -0.364 e. The summed E-state index contributed by atoms with van der Waals surface area (Å²) < 4.78 is 0. The minimum atomic E-state index is 0.673. The Morgan fingerprint density at radius 3 is 2.79 bits per heavy atom. The summed E-state index contributed by atoms with van der Waals surface area (Å²) in [7, 11) is 0. The molecule has 0 radical (unpaired) electrons. The van der Waals surface area contributed by atoms with Crippen molar-refractivity contribution in [3.63, 3.8) is 0 Å². The average molecular weight is 268 g/mol. The maximum Gasteiger partial charge on any atom is 0.0994 e. The Kier molecular flexibility index (Phi) is 3.27. The Morgan fingerprint density at radius 1 is 1.37 bits per heavy atom. The topological polar surface area (TPSA) is 27.0 Å². The number of benzene rings is 1. The molecule has 3 heteroatoms. The van der Waals surface area contributed by atoms with E-state index in [4.69, 9.17) is 5.26 Å². The summed E-state index contributed by atoms with van der Waals surface area (Å²) in [5.74, 6) is 0. The lowest BCUT2D eigenvalue weighted by molar-refractivity contribution is 0.796. The van der Waals surface area contributed by atoms with E-state index < -0.39 is 0 Å². The van der Waals surface area contributed by atoms with Gasteiger partial charge in [-0.2, -0.15) is 16.6 Å². The molecule has 0 spiro atoms. The molecule has 1 aliphatic rings. The molecule has 1 fully saturated rings. The van der Waals surface area contributed by atoms with E-state index in [0.717, 1.165) is 17.7 Å². The van der Waals surface area contributed by atoms with Crippen LogP contribution in [-0.4, -0.2) is 6.04 Å². The molecule has 1 heterocycles. The van der Waals surface area contributed by atoms with Crippen LogP contribution in [0.2, 0.25) is 0 Å². The van der Waals surface area contributed by atoms with Crippen LogP contribution >= 0.6 is 11.3 Å². The van der Waals surface area contributed by atoms with Gasteiger partial charge in [0.05, 0.1) is 11.6 Å². The molecule has 0 atom stereocenters. The summed E-state index contributed by atoms with van der Waals surface area (Å²) in [5.41, 5.74) is 4.45. The van der Waals surface area contributed by atoms with E-state index in [0.29, 0.717) is 6.04 Å². The Balaban J connectivity index is 1.88. The summed E-state index contributed by atoms with van der Waals surface area (Å²) >= 11 is 1.75. The third kappa shape index (κ3) is 2.64. The fourth-order valence-corrected chi connectivity index (χ4v) is 3.01. The standard InChI is InChI=1S/C16H16N2S/c1-12-8-16(3-2-14(12)9-17)18(15-4-5-15)10-13-6-7-19-11-13/h2-3,6-8,11,15H,4-5,10H2,1H3. The molecule has 0 amide bonds. The van der Waals surface area contributed by atoms with Crippen LogP contribution in [0.25, 0.3) is 0 Å². The van der Waals surface area contributed by atoms with Crippen molar-refractivity contribution in [2.75, 3.05) is 4.90 Å². The Labute approximate surface area is 117 Å². The zero-order valence-corrected chi connectivity index (χ0v) is 11.8. The first-order chi connectivity index (χ1) is 9.28. The van der Waals surface area contributed by atoms with Gasteiger partial charge in [0.1, 0.15) is 0 Å². The van der Waals surface area contributed by atoms with Crippen molar-refractivity contribution in [1.82, 2.24) is 0 Å². The highest BCUT2D eigenvalue weighted by molar-refractivity contribution is 7.07. The van der Waals surface area contributed by atoms with Crippen molar-refractivity contribution in [3.05, 3.63) is 51.7 Å². The molecule has 1 saturated carbocycles. The predicted molar refractivity (Wildman–Crippen MR) is 79.4 cm³/mol. The van der Waals surface area contributed by atoms with E-state index in [9.17, 15) is 0 Å². The van der Waals surface area contributed by atoms with Crippen LogP contribution in [0.1, 0.15) is 29.5 Å².